The van der Waals surface area contributed by atoms with Crippen LogP contribution in [0, 0.1) is 0 Å². The predicted molar refractivity (Wildman–Crippen MR) is 106 cm³/mol. The highest BCUT2D eigenvalue weighted by Gasteiger charge is 2.12. The van der Waals surface area contributed by atoms with Gasteiger partial charge in [-0.3, -0.25) is 9.59 Å². The van der Waals surface area contributed by atoms with Gasteiger partial charge in [0.15, 0.2) is 0 Å². The highest BCUT2D eigenvalue weighted by molar-refractivity contribution is 6.44. The van der Waals surface area contributed by atoms with E-state index >= 15 is 0 Å². The van der Waals surface area contributed by atoms with Gasteiger partial charge in [-0.2, -0.15) is 0 Å². The van der Waals surface area contributed by atoms with Gasteiger partial charge in [-0.25, -0.2) is 0 Å². The number of benzene rings is 2. The van der Waals surface area contributed by atoms with Crippen molar-refractivity contribution in [1.29, 1.82) is 0 Å². The molecule has 0 atom stereocenters. The Hall–Kier alpha value is -2.27. The summed E-state index contributed by atoms with van der Waals surface area (Å²) in [5, 5.41) is 3.85. The molecule has 7 heteroatoms. The lowest BCUT2D eigenvalue weighted by Crippen LogP contribution is -2.22. The Morgan fingerprint density at radius 2 is 1.65 bits per heavy atom. The molecule has 1 amide bonds. The van der Waals surface area contributed by atoms with E-state index in [1.807, 2.05) is 18.2 Å². The summed E-state index contributed by atoms with van der Waals surface area (Å²) in [5.41, 5.74) is 1.26. The summed E-state index contributed by atoms with van der Waals surface area (Å²) < 4.78 is 1.43. The second-order valence-corrected chi connectivity index (χ2v) is 6.72. The molecule has 1 aromatic heterocycles. The van der Waals surface area contributed by atoms with E-state index in [-0.39, 0.29) is 17.1 Å². The summed E-state index contributed by atoms with van der Waals surface area (Å²) in [6.07, 6.45) is 1.49. The van der Waals surface area contributed by atoms with Gasteiger partial charge < -0.3 is 9.88 Å². The van der Waals surface area contributed by atoms with Crippen molar-refractivity contribution in [3.05, 3.63) is 97.3 Å². The molecular weight excluding hydrogens is 395 g/mol. The highest BCUT2D eigenvalue weighted by Crippen LogP contribution is 2.29. The molecule has 0 aliphatic carbocycles. The number of hydrogen-bond donors (Lipinski definition) is 1. The Bertz CT molecular complexity index is 1030. The van der Waals surface area contributed by atoms with Crippen LogP contribution in [0.15, 0.2) is 65.6 Å². The van der Waals surface area contributed by atoms with Crippen molar-refractivity contribution in [1.82, 2.24) is 4.57 Å². The van der Waals surface area contributed by atoms with Crippen LogP contribution in [0.25, 0.3) is 0 Å². The van der Waals surface area contributed by atoms with E-state index in [4.69, 9.17) is 34.8 Å². The molecule has 1 N–H and O–H groups in total. The lowest BCUT2D eigenvalue weighted by atomic mass is 10.2. The number of carbonyl (C=O) groups excluding carboxylic acids is 1. The molecule has 3 rings (SSSR count). The van der Waals surface area contributed by atoms with Crippen LogP contribution in [0.1, 0.15) is 15.9 Å². The number of pyridine rings is 1. The maximum Gasteiger partial charge on any atom is 0.257 e. The number of hydrogen-bond acceptors (Lipinski definition) is 2. The van der Waals surface area contributed by atoms with E-state index in [9.17, 15) is 9.59 Å². The molecule has 0 radical (unpaired) electrons. The Labute approximate surface area is 164 Å². The minimum absolute atomic E-state index is 0.234. The third-order valence-electron chi connectivity index (χ3n) is 3.74. The molecular formula is C19H13Cl3N2O2. The average Bonchev–Trinajstić information content (AvgIpc) is 2.62. The fourth-order valence-electron chi connectivity index (χ4n) is 2.39. The normalized spacial score (nSPS) is 10.6. The van der Waals surface area contributed by atoms with Gasteiger partial charge in [0.1, 0.15) is 0 Å². The molecule has 0 saturated heterocycles. The number of halogens is 3. The van der Waals surface area contributed by atoms with Gasteiger partial charge in [-0.05, 0) is 29.8 Å². The van der Waals surface area contributed by atoms with E-state index in [1.54, 1.807) is 24.3 Å². The standard InChI is InChI=1S/C19H13Cl3N2O2/c20-14-5-2-1-4-12(14)10-24-11-13(8-9-17(24)25)19(26)23-16-7-3-6-15(21)18(16)22/h1-9,11H,10H2,(H,23,26). The average molecular weight is 408 g/mol. The first-order chi connectivity index (χ1) is 12.5. The lowest BCUT2D eigenvalue weighted by molar-refractivity contribution is 0.102. The zero-order chi connectivity index (χ0) is 18.7. The van der Waals surface area contributed by atoms with Crippen LogP contribution in [-0.4, -0.2) is 10.5 Å². The number of carbonyl (C=O) groups is 1. The largest absolute Gasteiger partial charge is 0.321 e. The summed E-state index contributed by atoms with van der Waals surface area (Å²) >= 11 is 18.2. The molecule has 0 spiro atoms. The van der Waals surface area contributed by atoms with Crippen LogP contribution in [0.2, 0.25) is 15.1 Å². The molecule has 2 aromatic carbocycles. The topological polar surface area (TPSA) is 51.1 Å². The molecule has 1 heterocycles. The van der Waals surface area contributed by atoms with Gasteiger partial charge in [-0.15, -0.1) is 0 Å². The van der Waals surface area contributed by atoms with Crippen molar-refractivity contribution in [3.63, 3.8) is 0 Å². The van der Waals surface area contributed by atoms with Gasteiger partial charge in [0.2, 0.25) is 0 Å². The predicted octanol–water partition coefficient (Wildman–Crippen LogP) is 5.11. The summed E-state index contributed by atoms with van der Waals surface area (Å²) in [6, 6.07) is 15.0. The van der Waals surface area contributed by atoms with E-state index in [0.717, 1.165) is 5.56 Å². The molecule has 0 saturated carbocycles. The Kier molecular flexibility index (Phi) is 5.67. The molecule has 0 bridgehead atoms. The van der Waals surface area contributed by atoms with Crippen molar-refractivity contribution in [2.24, 2.45) is 0 Å². The maximum atomic E-state index is 12.5. The summed E-state index contributed by atoms with van der Waals surface area (Å²) in [5.74, 6) is -0.401. The van der Waals surface area contributed by atoms with Gasteiger partial charge in [0.25, 0.3) is 11.5 Å². The van der Waals surface area contributed by atoms with Crippen LogP contribution < -0.4 is 10.9 Å². The monoisotopic (exact) mass is 406 g/mol. The number of nitrogens with zero attached hydrogens (tertiary/aromatic N) is 1. The van der Waals surface area contributed by atoms with Crippen LogP contribution in [-0.2, 0) is 6.54 Å². The van der Waals surface area contributed by atoms with Gasteiger partial charge >= 0.3 is 0 Å². The number of anilines is 1. The molecule has 0 unspecified atom stereocenters. The molecule has 0 aliphatic heterocycles. The first kappa shape index (κ1) is 18.5. The zero-order valence-corrected chi connectivity index (χ0v) is 15.6. The number of nitrogens with one attached hydrogen (secondary N) is 1. The van der Waals surface area contributed by atoms with Gasteiger partial charge in [0.05, 0.1) is 27.8 Å². The van der Waals surface area contributed by atoms with Gasteiger partial charge in [0, 0.05) is 17.3 Å². The van der Waals surface area contributed by atoms with Crippen LogP contribution >= 0.6 is 34.8 Å². The van der Waals surface area contributed by atoms with Crippen LogP contribution in [0.5, 0.6) is 0 Å². The first-order valence-electron chi connectivity index (χ1n) is 7.65. The summed E-state index contributed by atoms with van der Waals surface area (Å²) in [4.78, 5) is 24.6. The number of amides is 1. The van der Waals surface area contributed by atoms with Crippen LogP contribution in [0.4, 0.5) is 5.69 Å². The fourth-order valence-corrected chi connectivity index (χ4v) is 2.94. The van der Waals surface area contributed by atoms with Crippen molar-refractivity contribution in [3.8, 4) is 0 Å². The van der Waals surface area contributed by atoms with Crippen molar-refractivity contribution in [2.45, 2.75) is 6.54 Å². The zero-order valence-electron chi connectivity index (χ0n) is 13.4. The number of rotatable bonds is 4. The van der Waals surface area contributed by atoms with E-state index < -0.39 is 5.91 Å². The summed E-state index contributed by atoms with van der Waals surface area (Å²) in [7, 11) is 0. The third kappa shape index (κ3) is 4.10. The second kappa shape index (κ2) is 7.96. The van der Waals surface area contributed by atoms with Crippen molar-refractivity contribution >= 4 is 46.4 Å². The van der Waals surface area contributed by atoms with Crippen molar-refractivity contribution in [2.75, 3.05) is 5.32 Å². The Morgan fingerprint density at radius 1 is 0.923 bits per heavy atom. The van der Waals surface area contributed by atoms with Gasteiger partial charge in [-0.1, -0.05) is 59.1 Å². The van der Waals surface area contributed by atoms with E-state index in [2.05, 4.69) is 5.32 Å². The minimum atomic E-state index is -0.401. The molecule has 0 aliphatic rings. The smallest absolute Gasteiger partial charge is 0.257 e. The fraction of sp³-hybridized carbons (Fsp3) is 0.0526. The Balaban J connectivity index is 1.87. The van der Waals surface area contributed by atoms with E-state index in [1.165, 1.54) is 22.9 Å². The lowest BCUT2D eigenvalue weighted by Gasteiger charge is -2.11. The molecule has 26 heavy (non-hydrogen) atoms. The minimum Gasteiger partial charge on any atom is -0.321 e. The molecule has 0 fully saturated rings. The van der Waals surface area contributed by atoms with E-state index in [0.29, 0.717) is 21.3 Å². The van der Waals surface area contributed by atoms with Crippen LogP contribution in [0.3, 0.4) is 0 Å². The number of aromatic nitrogens is 1. The van der Waals surface area contributed by atoms with Crippen molar-refractivity contribution < 1.29 is 4.79 Å². The second-order valence-electron chi connectivity index (χ2n) is 5.53. The Morgan fingerprint density at radius 3 is 2.42 bits per heavy atom. The SMILES string of the molecule is O=C(Nc1cccc(Cl)c1Cl)c1ccc(=O)n(Cc2ccccc2Cl)c1. The maximum absolute atomic E-state index is 12.5. The molecule has 132 valence electrons. The first-order valence-corrected chi connectivity index (χ1v) is 8.78. The molecule has 3 aromatic rings. The molecule has 4 nitrogen and oxygen atoms in total. The highest BCUT2D eigenvalue weighted by atomic mass is 35.5. The third-order valence-corrected chi connectivity index (χ3v) is 4.93. The summed E-state index contributed by atoms with van der Waals surface area (Å²) in [6.45, 7) is 0.261. The quantitative estimate of drug-likeness (QED) is 0.653.